The zero-order valence-corrected chi connectivity index (χ0v) is 19.0. The van der Waals surface area contributed by atoms with Crippen molar-refractivity contribution >= 4 is 11.7 Å². The van der Waals surface area contributed by atoms with E-state index in [0.717, 1.165) is 17.9 Å². The van der Waals surface area contributed by atoms with Crippen LogP contribution in [0.15, 0.2) is 66.9 Å². The van der Waals surface area contributed by atoms with Gasteiger partial charge in [-0.1, -0.05) is 55.8 Å². The Hall–Kier alpha value is -3.05. The second-order valence-corrected chi connectivity index (χ2v) is 8.23. The summed E-state index contributed by atoms with van der Waals surface area (Å²) >= 11 is 0. The Morgan fingerprint density at radius 2 is 1.77 bits per heavy atom. The number of aryl methyl sites for hydroxylation is 1. The average Bonchev–Trinajstić information content (AvgIpc) is 3.19. The molecule has 0 fully saturated rings. The van der Waals surface area contributed by atoms with Gasteiger partial charge in [0.2, 0.25) is 0 Å². The van der Waals surface area contributed by atoms with Crippen molar-refractivity contribution in [3.8, 4) is 0 Å². The number of carbonyl (C=O) groups is 1. The molecule has 0 saturated carbocycles. The van der Waals surface area contributed by atoms with E-state index in [1.807, 2.05) is 18.2 Å². The molecule has 0 radical (unpaired) electrons. The number of carbonyl (C=O) groups excluding carboxylic acids is 1. The maximum absolute atomic E-state index is 13.0. The summed E-state index contributed by atoms with van der Waals surface area (Å²) in [5, 5.41) is 3.03. The molecule has 1 aromatic heterocycles. The summed E-state index contributed by atoms with van der Waals surface area (Å²) < 4.78 is 7.43. The van der Waals surface area contributed by atoms with Crippen molar-refractivity contribution in [2.45, 2.75) is 39.8 Å². The van der Waals surface area contributed by atoms with Crippen LogP contribution in [-0.4, -0.2) is 35.8 Å². The molecule has 31 heavy (non-hydrogen) atoms. The summed E-state index contributed by atoms with van der Waals surface area (Å²) in [5.74, 6) is 0.462. The van der Waals surface area contributed by atoms with Gasteiger partial charge in [-0.05, 0) is 48.2 Å². The number of aromatic nitrogens is 1. The first-order chi connectivity index (χ1) is 15.0. The van der Waals surface area contributed by atoms with Gasteiger partial charge in [-0.3, -0.25) is 0 Å². The fourth-order valence-corrected chi connectivity index (χ4v) is 3.44. The number of rotatable bonds is 9. The number of ether oxygens (including phenoxy) is 1. The quantitative estimate of drug-likeness (QED) is 0.487. The minimum Gasteiger partial charge on any atom is -0.383 e. The topological polar surface area (TPSA) is 46.5 Å². The molecule has 5 nitrogen and oxygen atoms in total. The van der Waals surface area contributed by atoms with Crippen LogP contribution in [0.2, 0.25) is 0 Å². The third-order valence-electron chi connectivity index (χ3n) is 5.43. The van der Waals surface area contributed by atoms with Crippen LogP contribution < -0.4 is 5.32 Å². The highest BCUT2D eigenvalue weighted by atomic mass is 16.5. The van der Waals surface area contributed by atoms with Gasteiger partial charge in [-0.25, -0.2) is 4.79 Å². The van der Waals surface area contributed by atoms with E-state index in [1.165, 1.54) is 16.7 Å². The standard InChI is InChI=1S/C26H33N3O2/c1-20(2)23-11-13-24(14-12-23)27-26(30)29(16-17-31-4)19-25-6-5-15-28(25)18-22-9-7-21(3)8-10-22/h5-15,20H,16-19H2,1-4H3,(H,27,30). The molecule has 0 aliphatic rings. The summed E-state index contributed by atoms with van der Waals surface area (Å²) in [6, 6.07) is 20.6. The highest BCUT2D eigenvalue weighted by Crippen LogP contribution is 2.18. The molecule has 1 heterocycles. The van der Waals surface area contributed by atoms with Gasteiger partial charge in [-0.2, -0.15) is 0 Å². The number of hydrogen-bond donors (Lipinski definition) is 1. The molecule has 1 N–H and O–H groups in total. The van der Waals surface area contributed by atoms with E-state index in [0.29, 0.717) is 25.6 Å². The minimum absolute atomic E-state index is 0.127. The Morgan fingerprint density at radius 1 is 1.06 bits per heavy atom. The van der Waals surface area contributed by atoms with Crippen LogP contribution in [0.4, 0.5) is 10.5 Å². The molecule has 2 aromatic carbocycles. The molecular weight excluding hydrogens is 386 g/mol. The summed E-state index contributed by atoms with van der Waals surface area (Å²) in [6.07, 6.45) is 2.06. The normalized spacial score (nSPS) is 11.0. The smallest absolute Gasteiger partial charge is 0.322 e. The van der Waals surface area contributed by atoms with Crippen LogP contribution in [0.5, 0.6) is 0 Å². The van der Waals surface area contributed by atoms with Crippen molar-refractivity contribution in [2.75, 3.05) is 25.6 Å². The lowest BCUT2D eigenvalue weighted by atomic mass is 10.0. The molecular formula is C26H33N3O2. The van der Waals surface area contributed by atoms with Gasteiger partial charge >= 0.3 is 6.03 Å². The number of benzene rings is 2. The molecule has 0 saturated heterocycles. The van der Waals surface area contributed by atoms with Crippen molar-refractivity contribution in [1.29, 1.82) is 0 Å². The first-order valence-corrected chi connectivity index (χ1v) is 10.8. The van der Waals surface area contributed by atoms with Crippen LogP contribution in [0.1, 0.15) is 42.1 Å². The maximum Gasteiger partial charge on any atom is 0.322 e. The van der Waals surface area contributed by atoms with Crippen LogP contribution in [0, 0.1) is 6.92 Å². The molecule has 3 rings (SSSR count). The van der Waals surface area contributed by atoms with Crippen molar-refractivity contribution in [3.05, 3.63) is 89.2 Å². The molecule has 5 heteroatoms. The Balaban J connectivity index is 1.70. The fourth-order valence-electron chi connectivity index (χ4n) is 3.44. The first kappa shape index (κ1) is 22.6. The number of amides is 2. The molecule has 0 bridgehead atoms. The van der Waals surface area contributed by atoms with Crippen LogP contribution >= 0.6 is 0 Å². The summed E-state index contributed by atoms with van der Waals surface area (Å²) in [5.41, 5.74) is 5.62. The van der Waals surface area contributed by atoms with Crippen molar-refractivity contribution in [3.63, 3.8) is 0 Å². The van der Waals surface area contributed by atoms with Crippen molar-refractivity contribution in [1.82, 2.24) is 9.47 Å². The largest absolute Gasteiger partial charge is 0.383 e. The summed E-state index contributed by atoms with van der Waals surface area (Å²) in [4.78, 5) is 14.8. The third kappa shape index (κ3) is 6.46. The van der Waals surface area contributed by atoms with Gasteiger partial charge in [0.05, 0.1) is 13.2 Å². The van der Waals surface area contributed by atoms with E-state index in [9.17, 15) is 4.79 Å². The lowest BCUT2D eigenvalue weighted by Crippen LogP contribution is -2.37. The second kappa shape index (κ2) is 10.8. The number of hydrogen-bond acceptors (Lipinski definition) is 2. The molecule has 0 aliphatic carbocycles. The predicted octanol–water partition coefficient (Wildman–Crippen LogP) is 5.65. The van der Waals surface area contributed by atoms with Crippen LogP contribution in [0.25, 0.3) is 0 Å². The molecule has 164 valence electrons. The molecule has 0 atom stereocenters. The molecule has 3 aromatic rings. The Morgan fingerprint density at radius 3 is 2.42 bits per heavy atom. The van der Waals surface area contributed by atoms with E-state index in [4.69, 9.17) is 4.74 Å². The van der Waals surface area contributed by atoms with E-state index >= 15 is 0 Å². The number of nitrogens with one attached hydrogen (secondary N) is 1. The molecule has 0 aliphatic heterocycles. The highest BCUT2D eigenvalue weighted by Gasteiger charge is 2.16. The van der Waals surface area contributed by atoms with Gasteiger partial charge in [0.25, 0.3) is 0 Å². The van der Waals surface area contributed by atoms with Crippen molar-refractivity contribution in [2.24, 2.45) is 0 Å². The van der Waals surface area contributed by atoms with Crippen LogP contribution in [-0.2, 0) is 17.8 Å². The van der Waals surface area contributed by atoms with Crippen molar-refractivity contribution < 1.29 is 9.53 Å². The first-order valence-electron chi connectivity index (χ1n) is 10.8. The predicted molar refractivity (Wildman–Crippen MR) is 127 cm³/mol. The van der Waals surface area contributed by atoms with Gasteiger partial charge in [-0.15, -0.1) is 0 Å². The van der Waals surface area contributed by atoms with Crippen LogP contribution in [0.3, 0.4) is 0 Å². The number of methoxy groups -OCH3 is 1. The highest BCUT2D eigenvalue weighted by molar-refractivity contribution is 5.89. The van der Waals surface area contributed by atoms with Gasteiger partial charge in [0, 0.05) is 37.8 Å². The lowest BCUT2D eigenvalue weighted by molar-refractivity contribution is 0.152. The molecule has 0 spiro atoms. The Labute approximate surface area is 185 Å². The second-order valence-electron chi connectivity index (χ2n) is 8.23. The monoisotopic (exact) mass is 419 g/mol. The third-order valence-corrected chi connectivity index (χ3v) is 5.43. The SMILES string of the molecule is COCCN(Cc1cccn1Cc1ccc(C)cc1)C(=O)Nc1ccc(C(C)C)cc1. The lowest BCUT2D eigenvalue weighted by Gasteiger charge is -2.24. The van der Waals surface area contributed by atoms with E-state index in [1.54, 1.807) is 12.0 Å². The van der Waals surface area contributed by atoms with Gasteiger partial charge in [0.1, 0.15) is 0 Å². The molecule has 0 unspecified atom stereocenters. The summed E-state index contributed by atoms with van der Waals surface area (Å²) in [6.45, 7) is 8.70. The zero-order chi connectivity index (χ0) is 22.2. The van der Waals surface area contributed by atoms with E-state index < -0.39 is 0 Å². The summed E-state index contributed by atoms with van der Waals surface area (Å²) in [7, 11) is 1.65. The minimum atomic E-state index is -0.127. The average molecular weight is 420 g/mol. The Bertz CT molecular complexity index is 959. The number of urea groups is 1. The maximum atomic E-state index is 13.0. The van der Waals surface area contributed by atoms with Gasteiger partial charge in [0.15, 0.2) is 0 Å². The number of anilines is 1. The molecule has 2 amide bonds. The fraction of sp³-hybridized carbons (Fsp3) is 0.346. The Kier molecular flexibility index (Phi) is 7.90. The zero-order valence-electron chi connectivity index (χ0n) is 19.0. The van der Waals surface area contributed by atoms with Gasteiger partial charge < -0.3 is 19.5 Å². The van der Waals surface area contributed by atoms with E-state index in [-0.39, 0.29) is 6.03 Å². The number of nitrogens with zero attached hydrogens (tertiary/aromatic N) is 2. The van der Waals surface area contributed by atoms with E-state index in [2.05, 4.69) is 79.3 Å².